The summed E-state index contributed by atoms with van der Waals surface area (Å²) < 4.78 is 5.14. The van der Waals surface area contributed by atoms with Crippen LogP contribution >= 0.6 is 11.3 Å². The van der Waals surface area contributed by atoms with Gasteiger partial charge in [-0.25, -0.2) is 4.79 Å². The minimum absolute atomic E-state index is 0.236. The zero-order valence-electron chi connectivity index (χ0n) is 15.0. The molecule has 0 spiro atoms. The molecule has 3 heterocycles. The third-order valence-electron chi connectivity index (χ3n) is 5.55. The zero-order chi connectivity index (χ0) is 19.2. The van der Waals surface area contributed by atoms with Gasteiger partial charge < -0.3 is 4.74 Å². The number of hydrogen-bond donors (Lipinski definition) is 1. The van der Waals surface area contributed by atoms with Gasteiger partial charge >= 0.3 is 5.97 Å². The van der Waals surface area contributed by atoms with Crippen LogP contribution in [0.3, 0.4) is 0 Å². The number of fused-ring (bicyclic) bond motifs is 1. The topological polar surface area (TPSA) is 75.7 Å². The van der Waals surface area contributed by atoms with E-state index < -0.39 is 29.4 Å². The number of nitrogens with one attached hydrogen (secondary N) is 1. The second kappa shape index (κ2) is 6.58. The summed E-state index contributed by atoms with van der Waals surface area (Å²) in [5.41, 5.74) is -0.767. The Labute approximate surface area is 161 Å². The standard InChI is InChI=1S/C20H20N2O4S/c1-3-22-17(23)14-15(18(22)24)20(19(25)26-2,12-8-5-4-6-9-12)21-16(14)13-10-7-11-27-13/h4-11,14-16,21H,3H2,1-2H3/t14-,15-,16-,20-/m0/s1. The number of thiophene rings is 1. The summed E-state index contributed by atoms with van der Waals surface area (Å²) in [4.78, 5) is 41.6. The summed E-state index contributed by atoms with van der Waals surface area (Å²) in [5, 5.41) is 5.27. The molecule has 0 unspecified atom stereocenters. The van der Waals surface area contributed by atoms with Gasteiger partial charge in [0.1, 0.15) is 0 Å². The van der Waals surface area contributed by atoms with Gasteiger partial charge in [0.25, 0.3) is 0 Å². The first-order valence-electron chi connectivity index (χ1n) is 8.86. The highest BCUT2D eigenvalue weighted by Crippen LogP contribution is 2.53. The summed E-state index contributed by atoms with van der Waals surface area (Å²) in [5.74, 6) is -2.60. The first-order valence-corrected chi connectivity index (χ1v) is 9.74. The Balaban J connectivity index is 1.95. The van der Waals surface area contributed by atoms with Gasteiger partial charge in [0.05, 0.1) is 25.0 Å². The first-order chi connectivity index (χ1) is 13.1. The van der Waals surface area contributed by atoms with Crippen LogP contribution in [0.15, 0.2) is 47.8 Å². The maximum Gasteiger partial charge on any atom is 0.331 e. The van der Waals surface area contributed by atoms with Crippen molar-refractivity contribution in [1.29, 1.82) is 0 Å². The molecule has 140 valence electrons. The van der Waals surface area contributed by atoms with E-state index in [1.165, 1.54) is 23.3 Å². The van der Waals surface area contributed by atoms with Crippen molar-refractivity contribution in [3.63, 3.8) is 0 Å². The van der Waals surface area contributed by atoms with Crippen molar-refractivity contribution < 1.29 is 19.1 Å². The predicted octanol–water partition coefficient (Wildman–Crippen LogP) is 2.08. The van der Waals surface area contributed by atoms with Crippen molar-refractivity contribution in [2.24, 2.45) is 11.8 Å². The Morgan fingerprint density at radius 2 is 1.93 bits per heavy atom. The smallest absolute Gasteiger partial charge is 0.331 e. The Kier molecular flexibility index (Phi) is 4.36. The van der Waals surface area contributed by atoms with Crippen molar-refractivity contribution in [3.8, 4) is 0 Å². The molecule has 4 rings (SSSR count). The Hall–Kier alpha value is -2.51. The molecule has 2 aliphatic rings. The minimum Gasteiger partial charge on any atom is -0.467 e. The number of benzene rings is 1. The molecule has 2 amide bonds. The maximum atomic E-state index is 13.2. The largest absolute Gasteiger partial charge is 0.467 e. The number of methoxy groups -OCH3 is 1. The zero-order valence-corrected chi connectivity index (χ0v) is 15.9. The molecule has 2 fully saturated rings. The molecule has 2 aromatic rings. The van der Waals surface area contributed by atoms with Gasteiger partial charge in [-0.2, -0.15) is 0 Å². The van der Waals surface area contributed by atoms with E-state index in [2.05, 4.69) is 5.32 Å². The molecule has 0 bridgehead atoms. The number of likely N-dealkylation sites (tertiary alicyclic amines) is 1. The van der Waals surface area contributed by atoms with Crippen LogP contribution in [0.2, 0.25) is 0 Å². The molecule has 4 atom stereocenters. The van der Waals surface area contributed by atoms with Gasteiger partial charge in [0.15, 0.2) is 5.54 Å². The monoisotopic (exact) mass is 384 g/mol. The van der Waals surface area contributed by atoms with Crippen LogP contribution in [0.1, 0.15) is 23.4 Å². The molecular formula is C20H20N2O4S. The number of esters is 1. The summed E-state index contributed by atoms with van der Waals surface area (Å²) in [7, 11) is 1.31. The molecular weight excluding hydrogens is 364 g/mol. The first kappa shape index (κ1) is 17.9. The lowest BCUT2D eigenvalue weighted by molar-refractivity contribution is -0.154. The number of hydrogen-bond acceptors (Lipinski definition) is 6. The molecule has 0 aliphatic carbocycles. The molecule has 1 aromatic carbocycles. The number of ether oxygens (including phenoxy) is 1. The van der Waals surface area contributed by atoms with Crippen LogP contribution in [0.25, 0.3) is 0 Å². The van der Waals surface area contributed by atoms with Crippen LogP contribution in [-0.4, -0.2) is 36.3 Å². The normalized spacial score (nSPS) is 29.9. The van der Waals surface area contributed by atoms with Gasteiger partial charge in [-0.05, 0) is 23.9 Å². The van der Waals surface area contributed by atoms with Crippen molar-refractivity contribution in [1.82, 2.24) is 10.2 Å². The van der Waals surface area contributed by atoms with E-state index in [0.29, 0.717) is 5.56 Å². The number of amides is 2. The Morgan fingerprint density at radius 3 is 2.52 bits per heavy atom. The summed E-state index contributed by atoms with van der Waals surface area (Å²) >= 11 is 1.50. The lowest BCUT2D eigenvalue weighted by Crippen LogP contribution is -2.53. The van der Waals surface area contributed by atoms with Gasteiger partial charge in [-0.1, -0.05) is 36.4 Å². The fourth-order valence-corrected chi connectivity index (χ4v) is 5.25. The van der Waals surface area contributed by atoms with E-state index in [4.69, 9.17) is 4.74 Å². The number of carbonyl (C=O) groups is 3. The third-order valence-corrected chi connectivity index (χ3v) is 6.51. The lowest BCUT2D eigenvalue weighted by atomic mass is 9.75. The lowest BCUT2D eigenvalue weighted by Gasteiger charge is -2.32. The van der Waals surface area contributed by atoms with Crippen LogP contribution in [-0.2, 0) is 24.7 Å². The number of imide groups is 1. The van der Waals surface area contributed by atoms with E-state index in [-0.39, 0.29) is 18.4 Å². The van der Waals surface area contributed by atoms with Gasteiger partial charge in [-0.15, -0.1) is 11.3 Å². The Bertz CT molecular complexity index is 883. The van der Waals surface area contributed by atoms with E-state index in [1.807, 2.05) is 35.7 Å². The highest BCUT2D eigenvalue weighted by molar-refractivity contribution is 7.10. The molecule has 6 nitrogen and oxygen atoms in total. The van der Waals surface area contributed by atoms with E-state index in [0.717, 1.165) is 4.88 Å². The maximum absolute atomic E-state index is 13.2. The molecule has 1 N–H and O–H groups in total. The van der Waals surface area contributed by atoms with E-state index in [1.54, 1.807) is 19.1 Å². The number of carbonyl (C=O) groups excluding carboxylic acids is 3. The van der Waals surface area contributed by atoms with Crippen LogP contribution in [0, 0.1) is 11.8 Å². The quantitative estimate of drug-likeness (QED) is 0.645. The van der Waals surface area contributed by atoms with E-state index in [9.17, 15) is 14.4 Å². The second-order valence-electron chi connectivity index (χ2n) is 6.73. The summed E-state index contributed by atoms with van der Waals surface area (Å²) in [6.45, 7) is 2.06. The SMILES string of the molecule is CCN1C(=O)[C@H]2[C@@H](C1=O)[C@](C(=O)OC)(c1ccccc1)N[C@H]2c1cccs1. The van der Waals surface area contributed by atoms with Gasteiger partial charge in [-0.3, -0.25) is 19.8 Å². The van der Waals surface area contributed by atoms with Crippen LogP contribution in [0.5, 0.6) is 0 Å². The molecule has 0 saturated carbocycles. The molecule has 2 aliphatic heterocycles. The van der Waals surface area contributed by atoms with Gasteiger partial charge in [0.2, 0.25) is 11.8 Å². The highest BCUT2D eigenvalue weighted by Gasteiger charge is 2.69. The van der Waals surface area contributed by atoms with Crippen LogP contribution in [0.4, 0.5) is 0 Å². The van der Waals surface area contributed by atoms with Crippen molar-refractivity contribution in [2.45, 2.75) is 18.5 Å². The van der Waals surface area contributed by atoms with Crippen molar-refractivity contribution >= 4 is 29.1 Å². The van der Waals surface area contributed by atoms with Crippen molar-refractivity contribution in [3.05, 3.63) is 58.3 Å². The predicted molar refractivity (Wildman–Crippen MR) is 99.7 cm³/mol. The number of nitrogens with zero attached hydrogens (tertiary/aromatic N) is 1. The number of rotatable bonds is 4. The molecule has 0 radical (unpaired) electrons. The highest BCUT2D eigenvalue weighted by atomic mass is 32.1. The minimum atomic E-state index is -1.40. The molecule has 7 heteroatoms. The average Bonchev–Trinajstić information content (AvgIpc) is 3.39. The Morgan fingerprint density at radius 1 is 1.19 bits per heavy atom. The van der Waals surface area contributed by atoms with E-state index >= 15 is 0 Å². The molecule has 27 heavy (non-hydrogen) atoms. The summed E-state index contributed by atoms with van der Waals surface area (Å²) in [6.07, 6.45) is 0. The molecule has 1 aromatic heterocycles. The fourth-order valence-electron chi connectivity index (χ4n) is 4.42. The third kappa shape index (κ3) is 2.38. The van der Waals surface area contributed by atoms with Crippen molar-refractivity contribution in [2.75, 3.05) is 13.7 Å². The summed E-state index contributed by atoms with van der Waals surface area (Å²) in [6, 6.07) is 12.5. The van der Waals surface area contributed by atoms with Crippen LogP contribution < -0.4 is 5.32 Å². The molecule has 2 saturated heterocycles. The fraction of sp³-hybridized carbons (Fsp3) is 0.350. The second-order valence-corrected chi connectivity index (χ2v) is 7.71. The van der Waals surface area contributed by atoms with Gasteiger partial charge in [0, 0.05) is 11.4 Å². The average molecular weight is 384 g/mol.